The zero-order chi connectivity index (χ0) is 22.4. The Morgan fingerprint density at radius 3 is 2.35 bits per heavy atom. The van der Waals surface area contributed by atoms with Crippen molar-refractivity contribution in [2.75, 3.05) is 13.1 Å². The van der Waals surface area contributed by atoms with Crippen LogP contribution in [0.25, 0.3) is 0 Å². The average molecular weight is 424 g/mol. The molecule has 1 N–H and O–H groups in total. The van der Waals surface area contributed by atoms with Crippen LogP contribution in [-0.4, -0.2) is 35.0 Å². The molecule has 168 valence electrons. The van der Waals surface area contributed by atoms with E-state index in [0.29, 0.717) is 5.92 Å². The Morgan fingerprint density at radius 2 is 1.81 bits per heavy atom. The number of ether oxygens (including phenoxy) is 1. The van der Waals surface area contributed by atoms with Crippen molar-refractivity contribution in [1.29, 1.82) is 0 Å². The van der Waals surface area contributed by atoms with Gasteiger partial charge in [-0.15, -0.1) is 0 Å². The lowest BCUT2D eigenvalue weighted by Gasteiger charge is -2.37. The number of benzene rings is 1. The molecule has 1 atom stereocenters. The quantitative estimate of drug-likeness (QED) is 0.682. The van der Waals surface area contributed by atoms with Crippen LogP contribution in [-0.2, 0) is 11.3 Å². The molecule has 2 aromatic rings. The topological polar surface area (TPSA) is 54.5 Å². The third-order valence-corrected chi connectivity index (χ3v) is 5.78. The molecule has 3 rings (SSSR count). The van der Waals surface area contributed by atoms with Crippen molar-refractivity contribution in [2.24, 2.45) is 11.3 Å². The average Bonchev–Trinajstić information content (AvgIpc) is 2.73. The molecule has 0 saturated carbocycles. The highest BCUT2D eigenvalue weighted by atomic mass is 16.5. The second-order valence-corrected chi connectivity index (χ2v) is 9.88. The molecule has 0 bridgehead atoms. The summed E-state index contributed by atoms with van der Waals surface area (Å²) in [7, 11) is 0. The van der Waals surface area contributed by atoms with Crippen LogP contribution in [0, 0.1) is 11.3 Å². The van der Waals surface area contributed by atoms with Crippen molar-refractivity contribution in [3.8, 4) is 5.75 Å². The van der Waals surface area contributed by atoms with Crippen molar-refractivity contribution < 1.29 is 9.53 Å². The summed E-state index contributed by atoms with van der Waals surface area (Å²) in [5.74, 6) is 1.39. The molecule has 1 aromatic heterocycles. The molecule has 0 radical (unpaired) electrons. The van der Waals surface area contributed by atoms with E-state index < -0.39 is 5.41 Å². The largest absolute Gasteiger partial charge is 0.491 e. The van der Waals surface area contributed by atoms with Crippen LogP contribution in [0.4, 0.5) is 0 Å². The number of likely N-dealkylation sites (tertiary alicyclic amines) is 1. The Balaban J connectivity index is 1.60. The summed E-state index contributed by atoms with van der Waals surface area (Å²) in [6.45, 7) is 12.9. The fourth-order valence-electron chi connectivity index (χ4n) is 4.00. The maximum absolute atomic E-state index is 12.7. The molecule has 0 spiro atoms. The molecule has 1 amide bonds. The number of piperidine rings is 1. The molecule has 5 nitrogen and oxygen atoms in total. The number of aromatic nitrogens is 1. The summed E-state index contributed by atoms with van der Waals surface area (Å²) in [5.41, 5.74) is 1.84. The van der Waals surface area contributed by atoms with Crippen molar-refractivity contribution in [2.45, 2.75) is 66.2 Å². The molecule has 0 unspecified atom stereocenters. The Kier molecular flexibility index (Phi) is 7.71. The van der Waals surface area contributed by atoms with Crippen molar-refractivity contribution in [1.82, 2.24) is 15.2 Å². The highest BCUT2D eigenvalue weighted by Gasteiger charge is 2.32. The molecule has 31 heavy (non-hydrogen) atoms. The molecule has 1 aromatic carbocycles. The smallest absolute Gasteiger partial charge is 0.225 e. The predicted octanol–water partition coefficient (Wildman–Crippen LogP) is 4.98. The molecule has 1 aliphatic rings. The van der Waals surface area contributed by atoms with E-state index in [4.69, 9.17) is 4.74 Å². The van der Waals surface area contributed by atoms with E-state index in [0.717, 1.165) is 43.9 Å². The number of hydrogen-bond acceptors (Lipinski definition) is 4. The Morgan fingerprint density at radius 1 is 1.13 bits per heavy atom. The van der Waals surface area contributed by atoms with Gasteiger partial charge in [-0.2, -0.15) is 0 Å². The molecule has 5 heteroatoms. The van der Waals surface area contributed by atoms with E-state index in [2.05, 4.69) is 39.5 Å². The van der Waals surface area contributed by atoms with Crippen molar-refractivity contribution >= 4 is 5.91 Å². The minimum atomic E-state index is -0.417. The van der Waals surface area contributed by atoms with E-state index in [-0.39, 0.29) is 18.1 Å². The van der Waals surface area contributed by atoms with Crippen LogP contribution in [0.2, 0.25) is 0 Å². The van der Waals surface area contributed by atoms with E-state index >= 15 is 0 Å². The van der Waals surface area contributed by atoms with Gasteiger partial charge in [0.2, 0.25) is 5.91 Å². The lowest BCUT2D eigenvalue weighted by atomic mass is 9.85. The number of pyridine rings is 1. The van der Waals surface area contributed by atoms with Gasteiger partial charge in [-0.3, -0.25) is 14.7 Å². The maximum atomic E-state index is 12.7. The van der Waals surface area contributed by atoms with Crippen LogP contribution >= 0.6 is 0 Å². The fraction of sp³-hybridized carbons (Fsp3) is 0.538. The van der Waals surface area contributed by atoms with Gasteiger partial charge in [0.25, 0.3) is 0 Å². The summed E-state index contributed by atoms with van der Waals surface area (Å²) in [5, 5.41) is 3.30. The summed E-state index contributed by atoms with van der Waals surface area (Å²) in [4.78, 5) is 19.8. The molecule has 1 fully saturated rings. The first-order valence-electron chi connectivity index (χ1n) is 11.4. The van der Waals surface area contributed by atoms with Crippen LogP contribution < -0.4 is 10.1 Å². The number of carbonyl (C=O) groups excluding carboxylic acids is 1. The van der Waals surface area contributed by atoms with Gasteiger partial charge in [0.1, 0.15) is 5.75 Å². The Bertz CT molecular complexity index is 820. The molecular weight excluding hydrogens is 386 g/mol. The molecule has 0 aliphatic carbocycles. The second-order valence-electron chi connectivity index (χ2n) is 9.88. The van der Waals surface area contributed by atoms with Gasteiger partial charge in [-0.25, -0.2) is 0 Å². The first-order valence-corrected chi connectivity index (χ1v) is 11.4. The number of nitrogens with zero attached hydrogens (tertiary/aromatic N) is 2. The first kappa shape index (κ1) is 23.3. The fourth-order valence-corrected chi connectivity index (χ4v) is 4.00. The van der Waals surface area contributed by atoms with E-state index in [1.54, 1.807) is 0 Å². The number of nitrogens with one attached hydrogen (secondary N) is 1. The van der Waals surface area contributed by atoms with Gasteiger partial charge in [0.05, 0.1) is 17.8 Å². The SMILES string of the molecule is CC(C)Oc1ccc(CN2CCC([C@@H](NC(=O)C(C)(C)C)c3ccccn3)CC2)cc1. The zero-order valence-corrected chi connectivity index (χ0v) is 19.6. The number of hydrogen-bond donors (Lipinski definition) is 1. The van der Waals surface area contributed by atoms with Crippen LogP contribution in [0.3, 0.4) is 0 Å². The lowest BCUT2D eigenvalue weighted by molar-refractivity contribution is -0.129. The van der Waals surface area contributed by atoms with Crippen LogP contribution in [0.5, 0.6) is 5.75 Å². The zero-order valence-electron chi connectivity index (χ0n) is 19.6. The van der Waals surface area contributed by atoms with E-state index in [9.17, 15) is 4.79 Å². The summed E-state index contributed by atoms with van der Waals surface area (Å²) < 4.78 is 5.74. The molecule has 1 saturated heterocycles. The molecule has 2 heterocycles. The van der Waals surface area contributed by atoms with Crippen LogP contribution in [0.1, 0.15) is 64.8 Å². The van der Waals surface area contributed by atoms with E-state index in [1.165, 1.54) is 5.56 Å². The lowest BCUT2D eigenvalue weighted by Crippen LogP contribution is -2.44. The minimum absolute atomic E-state index is 0.0393. The maximum Gasteiger partial charge on any atom is 0.225 e. The third kappa shape index (κ3) is 6.79. The van der Waals surface area contributed by atoms with Gasteiger partial charge < -0.3 is 10.1 Å². The van der Waals surface area contributed by atoms with Gasteiger partial charge in [-0.1, -0.05) is 39.0 Å². The second kappa shape index (κ2) is 10.3. The number of rotatable bonds is 7. The summed E-state index contributed by atoms with van der Waals surface area (Å²) >= 11 is 0. The first-order chi connectivity index (χ1) is 14.7. The highest BCUT2D eigenvalue weighted by Crippen LogP contribution is 2.31. The van der Waals surface area contributed by atoms with E-state index in [1.807, 2.05) is 59.0 Å². The van der Waals surface area contributed by atoms with Crippen molar-refractivity contribution in [3.05, 3.63) is 59.9 Å². The normalized spacial score (nSPS) is 16.8. The Hall–Kier alpha value is -2.40. The van der Waals surface area contributed by atoms with Gasteiger partial charge in [0, 0.05) is 18.2 Å². The number of amides is 1. The minimum Gasteiger partial charge on any atom is -0.491 e. The predicted molar refractivity (Wildman–Crippen MR) is 125 cm³/mol. The standard InChI is InChI=1S/C26H37N3O2/c1-19(2)31-22-11-9-20(10-12-22)18-29-16-13-21(14-17-29)24(23-8-6-7-15-27-23)28-25(30)26(3,4)5/h6-12,15,19,21,24H,13-14,16-18H2,1-5H3,(H,28,30)/t24-/m1/s1. The van der Waals surface area contributed by atoms with Gasteiger partial charge in [-0.05, 0) is 75.5 Å². The molecule has 1 aliphatic heterocycles. The number of carbonyl (C=O) groups is 1. The van der Waals surface area contributed by atoms with Gasteiger partial charge >= 0.3 is 0 Å². The third-order valence-electron chi connectivity index (χ3n) is 5.78. The molecular formula is C26H37N3O2. The van der Waals surface area contributed by atoms with Crippen molar-refractivity contribution in [3.63, 3.8) is 0 Å². The summed E-state index contributed by atoms with van der Waals surface area (Å²) in [6, 6.07) is 14.3. The monoisotopic (exact) mass is 423 g/mol. The summed E-state index contributed by atoms with van der Waals surface area (Å²) in [6.07, 6.45) is 4.09. The Labute approximate surface area is 187 Å². The van der Waals surface area contributed by atoms with Crippen LogP contribution in [0.15, 0.2) is 48.7 Å². The highest BCUT2D eigenvalue weighted by molar-refractivity contribution is 5.81. The van der Waals surface area contributed by atoms with Gasteiger partial charge in [0.15, 0.2) is 0 Å².